The molecule has 4 amide bonds. The number of carbonyl (C=O) groups is 4. The van der Waals surface area contributed by atoms with Crippen molar-refractivity contribution in [3.63, 3.8) is 0 Å². The fourth-order valence-corrected chi connectivity index (χ4v) is 5.40. The molecule has 1 aliphatic carbocycles. The molecule has 0 bridgehead atoms. The van der Waals surface area contributed by atoms with Crippen molar-refractivity contribution in [3.05, 3.63) is 45.2 Å². The van der Waals surface area contributed by atoms with Crippen molar-refractivity contribution in [2.75, 3.05) is 25.2 Å². The maximum atomic E-state index is 12.7. The van der Waals surface area contributed by atoms with Crippen molar-refractivity contribution in [1.29, 1.82) is 0 Å². The second-order valence-electron chi connectivity index (χ2n) is 8.09. The molecule has 11 heteroatoms. The van der Waals surface area contributed by atoms with Crippen LogP contribution in [0.3, 0.4) is 0 Å². The zero-order chi connectivity index (χ0) is 23.8. The lowest BCUT2D eigenvalue weighted by Gasteiger charge is -2.12. The van der Waals surface area contributed by atoms with Gasteiger partial charge in [0.15, 0.2) is 11.5 Å². The van der Waals surface area contributed by atoms with Crippen LogP contribution in [0.25, 0.3) is 6.08 Å². The van der Waals surface area contributed by atoms with Gasteiger partial charge in [-0.25, -0.2) is 0 Å². The first-order chi connectivity index (χ1) is 16.4. The van der Waals surface area contributed by atoms with Crippen LogP contribution >= 0.6 is 23.1 Å². The summed E-state index contributed by atoms with van der Waals surface area (Å²) in [5, 5.41) is 5.86. The fourth-order valence-electron chi connectivity index (χ4n) is 3.55. The third kappa shape index (κ3) is 4.66. The number of fused-ring (bicyclic) bond motifs is 1. The summed E-state index contributed by atoms with van der Waals surface area (Å²) in [4.78, 5) is 51.6. The average Bonchev–Trinajstić information content (AvgIpc) is 3.37. The van der Waals surface area contributed by atoms with Crippen LogP contribution in [-0.4, -0.2) is 47.7 Å². The number of amides is 4. The van der Waals surface area contributed by atoms with Gasteiger partial charge in [0.1, 0.15) is 0 Å². The van der Waals surface area contributed by atoms with E-state index in [9.17, 15) is 19.2 Å². The first-order valence-corrected chi connectivity index (χ1v) is 12.4. The zero-order valence-corrected chi connectivity index (χ0v) is 19.8. The number of nitrogens with one attached hydrogen (secondary N) is 2. The SMILES string of the molecule is Cc1cc(NC(=O)C2CC2)sc1C(=O)NCCN1C(=O)S/C(=C\c2ccc3c(c2)OCO3)C1=O. The van der Waals surface area contributed by atoms with Gasteiger partial charge in [0, 0.05) is 19.0 Å². The highest BCUT2D eigenvalue weighted by Crippen LogP contribution is 2.36. The van der Waals surface area contributed by atoms with Gasteiger partial charge >= 0.3 is 0 Å². The summed E-state index contributed by atoms with van der Waals surface area (Å²) in [5.41, 5.74) is 1.48. The molecule has 3 aliphatic rings. The summed E-state index contributed by atoms with van der Waals surface area (Å²) >= 11 is 2.07. The molecule has 34 heavy (non-hydrogen) atoms. The standard InChI is InChI=1S/C23H21N3O6S2/c1-12-8-18(25-20(27)14-3-4-14)34-19(12)21(28)24-6-7-26-22(29)17(33-23(26)30)10-13-2-5-15-16(9-13)32-11-31-15/h2,5,8-10,14H,3-4,6-7,11H2,1H3,(H,24,28)(H,25,27)/b17-10-. The van der Waals surface area contributed by atoms with E-state index in [0.29, 0.717) is 26.3 Å². The van der Waals surface area contributed by atoms with Gasteiger partial charge in [-0.1, -0.05) is 6.07 Å². The van der Waals surface area contributed by atoms with Gasteiger partial charge in [0.05, 0.1) is 14.8 Å². The molecular weight excluding hydrogens is 478 g/mol. The number of carbonyl (C=O) groups excluding carboxylic acids is 4. The number of benzene rings is 1. The third-order valence-electron chi connectivity index (χ3n) is 5.51. The average molecular weight is 500 g/mol. The number of ether oxygens (including phenoxy) is 2. The molecule has 1 aromatic carbocycles. The molecule has 1 saturated heterocycles. The summed E-state index contributed by atoms with van der Waals surface area (Å²) in [7, 11) is 0. The van der Waals surface area contributed by atoms with Gasteiger partial charge in [-0.05, 0) is 66.9 Å². The molecule has 2 fully saturated rings. The molecule has 0 atom stereocenters. The Kier molecular flexibility index (Phi) is 6.05. The van der Waals surface area contributed by atoms with Crippen LogP contribution in [0.4, 0.5) is 9.80 Å². The smallest absolute Gasteiger partial charge is 0.293 e. The first kappa shape index (κ1) is 22.5. The molecule has 2 aromatic rings. The van der Waals surface area contributed by atoms with E-state index in [1.165, 1.54) is 11.3 Å². The van der Waals surface area contributed by atoms with Crippen LogP contribution in [0.15, 0.2) is 29.2 Å². The number of rotatable bonds is 7. The van der Waals surface area contributed by atoms with Gasteiger partial charge in [-0.2, -0.15) is 0 Å². The summed E-state index contributed by atoms with van der Waals surface area (Å²) in [6, 6.07) is 7.06. The minimum Gasteiger partial charge on any atom is -0.454 e. The first-order valence-electron chi connectivity index (χ1n) is 10.7. The number of anilines is 1. The number of aryl methyl sites for hydroxylation is 1. The molecule has 2 aliphatic heterocycles. The van der Waals surface area contributed by atoms with Crippen LogP contribution in [0.2, 0.25) is 0 Å². The highest BCUT2D eigenvalue weighted by molar-refractivity contribution is 8.18. The maximum Gasteiger partial charge on any atom is 0.293 e. The van der Waals surface area contributed by atoms with Crippen molar-refractivity contribution in [3.8, 4) is 11.5 Å². The van der Waals surface area contributed by atoms with Crippen molar-refractivity contribution in [2.24, 2.45) is 5.92 Å². The summed E-state index contributed by atoms with van der Waals surface area (Å²) in [5.74, 6) is 0.587. The number of thioether (sulfide) groups is 1. The number of hydrogen-bond acceptors (Lipinski definition) is 8. The van der Waals surface area contributed by atoms with Gasteiger partial charge in [-0.3, -0.25) is 24.1 Å². The molecule has 3 heterocycles. The van der Waals surface area contributed by atoms with Crippen LogP contribution in [0, 0.1) is 12.8 Å². The number of hydrogen-bond donors (Lipinski definition) is 2. The van der Waals surface area contributed by atoms with Crippen molar-refractivity contribution < 1.29 is 28.7 Å². The number of nitrogens with zero attached hydrogens (tertiary/aromatic N) is 1. The topological polar surface area (TPSA) is 114 Å². The Labute approximate surface area is 203 Å². The molecule has 5 rings (SSSR count). The van der Waals surface area contributed by atoms with E-state index in [1.807, 2.05) is 0 Å². The molecule has 2 N–H and O–H groups in total. The third-order valence-corrected chi connectivity index (χ3v) is 7.57. The molecule has 0 radical (unpaired) electrons. The summed E-state index contributed by atoms with van der Waals surface area (Å²) in [6.07, 6.45) is 3.45. The molecule has 0 unspecified atom stereocenters. The molecule has 1 saturated carbocycles. The Morgan fingerprint density at radius 1 is 1.18 bits per heavy atom. The van der Waals surface area contributed by atoms with E-state index in [-0.39, 0.29) is 42.9 Å². The van der Waals surface area contributed by atoms with Gasteiger partial charge in [-0.15, -0.1) is 11.3 Å². The highest BCUT2D eigenvalue weighted by atomic mass is 32.2. The number of thiophene rings is 1. The molecule has 1 aromatic heterocycles. The fraction of sp³-hybridized carbons (Fsp3) is 0.304. The highest BCUT2D eigenvalue weighted by Gasteiger charge is 2.35. The zero-order valence-electron chi connectivity index (χ0n) is 18.2. The van der Waals surface area contributed by atoms with Crippen LogP contribution in [0.1, 0.15) is 33.6 Å². The van der Waals surface area contributed by atoms with Crippen LogP contribution in [0.5, 0.6) is 11.5 Å². The second-order valence-corrected chi connectivity index (χ2v) is 10.1. The van der Waals surface area contributed by atoms with Gasteiger partial charge in [0.2, 0.25) is 12.7 Å². The van der Waals surface area contributed by atoms with Crippen molar-refractivity contribution in [2.45, 2.75) is 19.8 Å². The quantitative estimate of drug-likeness (QED) is 0.560. The van der Waals surface area contributed by atoms with E-state index in [1.54, 1.807) is 37.3 Å². The minimum atomic E-state index is -0.403. The molecule has 9 nitrogen and oxygen atoms in total. The Balaban J connectivity index is 1.16. The Morgan fingerprint density at radius 3 is 2.76 bits per heavy atom. The Morgan fingerprint density at radius 2 is 1.97 bits per heavy atom. The Bertz CT molecular complexity index is 1230. The summed E-state index contributed by atoms with van der Waals surface area (Å²) < 4.78 is 10.6. The van der Waals surface area contributed by atoms with Crippen molar-refractivity contribution >= 4 is 57.1 Å². The Hall–Kier alpha value is -3.31. The van der Waals surface area contributed by atoms with E-state index in [0.717, 1.165) is 40.6 Å². The van der Waals surface area contributed by atoms with Crippen LogP contribution < -0.4 is 20.1 Å². The monoisotopic (exact) mass is 499 g/mol. The van der Waals surface area contributed by atoms with Crippen LogP contribution in [-0.2, 0) is 9.59 Å². The normalized spacial score (nSPS) is 18.0. The maximum absolute atomic E-state index is 12.7. The second kappa shape index (κ2) is 9.15. The lowest BCUT2D eigenvalue weighted by Crippen LogP contribution is -2.37. The lowest BCUT2D eigenvalue weighted by atomic mass is 10.2. The largest absolute Gasteiger partial charge is 0.454 e. The molecule has 0 spiro atoms. The van der Waals surface area contributed by atoms with Gasteiger partial charge < -0.3 is 20.1 Å². The van der Waals surface area contributed by atoms with E-state index in [2.05, 4.69) is 10.6 Å². The van der Waals surface area contributed by atoms with E-state index < -0.39 is 5.91 Å². The lowest BCUT2D eigenvalue weighted by molar-refractivity contribution is -0.122. The van der Waals surface area contributed by atoms with Gasteiger partial charge in [0.25, 0.3) is 17.1 Å². The predicted molar refractivity (Wildman–Crippen MR) is 128 cm³/mol. The van der Waals surface area contributed by atoms with Crippen molar-refractivity contribution in [1.82, 2.24) is 10.2 Å². The molecular formula is C23H21N3O6S2. The molecule has 176 valence electrons. The summed E-state index contributed by atoms with van der Waals surface area (Å²) in [6.45, 7) is 2.14. The number of imide groups is 1. The van der Waals surface area contributed by atoms with E-state index >= 15 is 0 Å². The van der Waals surface area contributed by atoms with E-state index in [4.69, 9.17) is 9.47 Å². The minimum absolute atomic E-state index is 0.0126. The predicted octanol–water partition coefficient (Wildman–Crippen LogP) is 3.60.